The van der Waals surface area contributed by atoms with Crippen LogP contribution in [0.1, 0.15) is 11.0 Å². The van der Waals surface area contributed by atoms with E-state index >= 15 is 0 Å². The molecule has 0 saturated carbocycles. The summed E-state index contributed by atoms with van der Waals surface area (Å²) in [5.41, 5.74) is 6.84. The smallest absolute Gasteiger partial charge is 0.166 e. The molecule has 262 valence electrons. The molecule has 0 atom stereocenters. The Morgan fingerprint density at radius 2 is 0.982 bits per heavy atom. The van der Waals surface area contributed by atoms with Gasteiger partial charge in [0, 0.05) is 43.8 Å². The van der Waals surface area contributed by atoms with Crippen LogP contribution in [0.25, 0.3) is 106 Å². The van der Waals surface area contributed by atoms with Gasteiger partial charge in [-0.3, -0.25) is 0 Å². The molecule has 0 unspecified atom stereocenters. The number of hydrogen-bond acceptors (Lipinski definition) is 4. The summed E-state index contributed by atoms with van der Waals surface area (Å²) in [7, 11) is 0. The van der Waals surface area contributed by atoms with Crippen LogP contribution < -0.4 is 0 Å². The van der Waals surface area contributed by atoms with Gasteiger partial charge in [-0.25, -0.2) is 15.0 Å². The minimum atomic E-state index is -0.526. The Morgan fingerprint density at radius 3 is 1.62 bits per heavy atom. The molecule has 0 amide bonds. The van der Waals surface area contributed by atoms with Crippen molar-refractivity contribution in [3.05, 3.63) is 194 Å². The minimum absolute atomic E-state index is 0.0264. The molecule has 56 heavy (non-hydrogen) atoms. The number of rotatable bonds is 6. The summed E-state index contributed by atoms with van der Waals surface area (Å²) in [6, 6.07) is 42.7. The highest BCUT2D eigenvalue weighted by Crippen LogP contribution is 2.43. The predicted molar refractivity (Wildman–Crippen MR) is 229 cm³/mol. The van der Waals surface area contributed by atoms with Gasteiger partial charge in [-0.2, -0.15) is 0 Å². The van der Waals surface area contributed by atoms with Crippen molar-refractivity contribution in [2.24, 2.45) is 0 Å². The van der Waals surface area contributed by atoms with Crippen molar-refractivity contribution < 1.29 is 15.4 Å². The second kappa shape index (κ2) is 13.0. The Balaban J connectivity index is 1.28. The van der Waals surface area contributed by atoms with Crippen molar-refractivity contribution in [1.29, 1.82) is 0 Å². The Labute approximate surface area is 334 Å². The maximum absolute atomic E-state index is 9.36. The first-order valence-corrected chi connectivity index (χ1v) is 18.1. The minimum Gasteiger partial charge on any atom is -0.455 e. The van der Waals surface area contributed by atoms with Crippen molar-refractivity contribution >= 4 is 43.7 Å². The molecule has 0 bridgehead atoms. The van der Waals surface area contributed by atoms with Crippen LogP contribution >= 0.6 is 0 Å². The molecule has 0 spiro atoms. The largest absolute Gasteiger partial charge is 0.455 e. The average Bonchev–Trinajstić information content (AvgIpc) is 3.92. The van der Waals surface area contributed by atoms with E-state index in [-0.39, 0.29) is 27.6 Å². The zero-order valence-corrected chi connectivity index (χ0v) is 29.6. The zero-order chi connectivity index (χ0) is 44.0. The lowest BCUT2D eigenvalue weighted by atomic mass is 9.96. The van der Waals surface area contributed by atoms with E-state index in [0.717, 1.165) is 38.6 Å². The van der Waals surface area contributed by atoms with Crippen LogP contribution in [0.2, 0.25) is 0 Å². The Hall–Kier alpha value is -7.63. The topological polar surface area (TPSA) is 56.7 Å². The molecule has 0 aliphatic rings. The van der Waals surface area contributed by atoms with E-state index in [1.54, 1.807) is 0 Å². The van der Waals surface area contributed by atoms with Crippen LogP contribution in [0.15, 0.2) is 198 Å². The van der Waals surface area contributed by atoms with E-state index in [9.17, 15) is 2.74 Å². The molecule has 0 saturated heterocycles. The molecular weight excluding hydrogens is 685 g/mol. The van der Waals surface area contributed by atoms with Gasteiger partial charge in [0.2, 0.25) is 0 Å². The average molecular weight is 725 g/mol. The Morgan fingerprint density at radius 1 is 0.429 bits per heavy atom. The van der Waals surface area contributed by atoms with Crippen molar-refractivity contribution in [2.75, 3.05) is 0 Å². The first kappa shape index (κ1) is 24.6. The maximum atomic E-state index is 9.36. The van der Waals surface area contributed by atoms with Gasteiger partial charge < -0.3 is 8.98 Å². The molecule has 3 aromatic heterocycles. The van der Waals surface area contributed by atoms with Crippen LogP contribution in [-0.4, -0.2) is 19.5 Å². The number of para-hydroxylation sites is 3. The van der Waals surface area contributed by atoms with Crippen LogP contribution in [0, 0.1) is 0 Å². The quantitative estimate of drug-likeness (QED) is 0.171. The molecule has 8 aromatic carbocycles. The highest BCUT2D eigenvalue weighted by atomic mass is 16.3. The molecule has 5 heteroatoms. The van der Waals surface area contributed by atoms with Gasteiger partial charge in [-0.1, -0.05) is 164 Å². The van der Waals surface area contributed by atoms with Gasteiger partial charge in [0.15, 0.2) is 17.5 Å². The lowest BCUT2D eigenvalue weighted by Crippen LogP contribution is -2.04. The number of nitrogens with zero attached hydrogens (tertiary/aromatic N) is 4. The first-order chi connectivity index (χ1) is 31.1. The SMILES string of the molecule is [2H]c1c([2H])c([2H])c2c(c1[2H])c1c([2H])c([2H])c([2H])c([2H])c1n2-c1cc(-c2cccc3c2oc2cccc(-c4ccccc4)c23)ccc1-c1nc(-c2ccccc2)nc(-c2ccccc2)n1. The molecule has 0 radical (unpaired) electrons. The summed E-state index contributed by atoms with van der Waals surface area (Å²) in [5, 5.41) is 1.75. The fraction of sp³-hybridized carbons (Fsp3) is 0. The van der Waals surface area contributed by atoms with Crippen molar-refractivity contribution in [3.63, 3.8) is 0 Å². The van der Waals surface area contributed by atoms with Gasteiger partial charge in [0.05, 0.1) is 27.7 Å². The fourth-order valence-electron chi connectivity index (χ4n) is 7.60. The second-order valence-electron chi connectivity index (χ2n) is 13.4. The van der Waals surface area contributed by atoms with Crippen molar-refractivity contribution in [3.8, 4) is 62.1 Å². The van der Waals surface area contributed by atoms with Gasteiger partial charge in [-0.15, -0.1) is 0 Å². The monoisotopic (exact) mass is 724 g/mol. The lowest BCUT2D eigenvalue weighted by molar-refractivity contribution is 0.670. The highest BCUT2D eigenvalue weighted by Gasteiger charge is 2.22. The molecule has 5 nitrogen and oxygen atoms in total. The van der Waals surface area contributed by atoms with Crippen LogP contribution in [0.4, 0.5) is 0 Å². The summed E-state index contributed by atoms with van der Waals surface area (Å²) in [5.74, 6) is 0.985. The highest BCUT2D eigenvalue weighted by molar-refractivity contribution is 6.15. The van der Waals surface area contributed by atoms with Gasteiger partial charge in [0.1, 0.15) is 11.2 Å². The summed E-state index contributed by atoms with van der Waals surface area (Å²) < 4.78 is 80.2. The van der Waals surface area contributed by atoms with Gasteiger partial charge >= 0.3 is 0 Å². The number of aromatic nitrogens is 4. The van der Waals surface area contributed by atoms with Gasteiger partial charge in [0.25, 0.3) is 0 Å². The molecule has 0 N–H and O–H groups in total. The fourth-order valence-corrected chi connectivity index (χ4v) is 7.60. The van der Waals surface area contributed by atoms with Crippen molar-refractivity contribution in [2.45, 2.75) is 0 Å². The number of hydrogen-bond donors (Lipinski definition) is 0. The third kappa shape index (κ3) is 5.21. The van der Waals surface area contributed by atoms with Crippen LogP contribution in [0.5, 0.6) is 0 Å². The summed E-state index contributed by atoms with van der Waals surface area (Å²) in [6.07, 6.45) is 0. The molecular formula is C51H32N4O. The van der Waals surface area contributed by atoms with Gasteiger partial charge in [-0.05, 0) is 47.0 Å². The second-order valence-corrected chi connectivity index (χ2v) is 13.4. The molecule has 0 aliphatic carbocycles. The standard InChI is InChI=1S/C51H32N4O/c1-4-16-33(17-5-1)37-24-15-29-46-47(37)42-26-14-25-38(48(42)56-46)36-30-31-41(45(32-36)55-43-27-12-10-22-39(43)40-23-11-13-28-44(40)55)51-53-49(34-18-6-2-7-19-34)52-50(54-51)35-20-8-3-9-21-35/h1-32H/i10D,11D,12D,13D,22D,23D,27D,28D. The molecule has 0 aliphatic heterocycles. The summed E-state index contributed by atoms with van der Waals surface area (Å²) in [4.78, 5) is 15.0. The third-order valence-corrected chi connectivity index (χ3v) is 10.1. The van der Waals surface area contributed by atoms with Crippen LogP contribution in [-0.2, 0) is 0 Å². The molecule has 0 fully saturated rings. The van der Waals surface area contributed by atoms with E-state index in [1.807, 2.05) is 127 Å². The summed E-state index contributed by atoms with van der Waals surface area (Å²) >= 11 is 0. The van der Waals surface area contributed by atoms with Crippen molar-refractivity contribution in [1.82, 2.24) is 19.5 Å². The Kier molecular flexibility index (Phi) is 5.74. The van der Waals surface area contributed by atoms with E-state index < -0.39 is 48.3 Å². The maximum Gasteiger partial charge on any atom is 0.166 e. The van der Waals surface area contributed by atoms with E-state index in [4.69, 9.17) is 27.6 Å². The third-order valence-electron chi connectivity index (χ3n) is 10.1. The summed E-state index contributed by atoms with van der Waals surface area (Å²) in [6.45, 7) is 0. The Bertz CT molecular complexity index is 3570. The number of fused-ring (bicyclic) bond motifs is 6. The van der Waals surface area contributed by atoms with Crippen LogP contribution in [0.3, 0.4) is 0 Å². The normalized spacial score (nSPS) is 13.6. The van der Waals surface area contributed by atoms with E-state index in [0.29, 0.717) is 39.6 Å². The number of furan rings is 1. The lowest BCUT2D eigenvalue weighted by Gasteiger charge is -2.16. The zero-order valence-electron chi connectivity index (χ0n) is 37.6. The molecule has 11 aromatic rings. The first-order valence-electron chi connectivity index (χ1n) is 22.1. The number of benzene rings is 8. The van der Waals surface area contributed by atoms with E-state index in [1.165, 1.54) is 4.57 Å². The molecule has 11 rings (SSSR count). The predicted octanol–water partition coefficient (Wildman–Crippen LogP) is 13.2. The van der Waals surface area contributed by atoms with E-state index in [2.05, 4.69) is 18.2 Å². The molecule has 3 heterocycles.